The average molecular weight is 296 g/mol. The Kier molecular flexibility index (Phi) is 4.93. The average Bonchev–Trinajstić information content (AvgIpc) is 2.61. The fourth-order valence-electron chi connectivity index (χ4n) is 2.95. The van der Waals surface area contributed by atoms with Gasteiger partial charge in [0.05, 0.1) is 0 Å². The van der Waals surface area contributed by atoms with E-state index < -0.39 is 0 Å². The van der Waals surface area contributed by atoms with Gasteiger partial charge < -0.3 is 21.3 Å². The maximum absolute atomic E-state index is 6.04. The van der Waals surface area contributed by atoms with E-state index in [1.807, 2.05) is 6.07 Å². The van der Waals surface area contributed by atoms with Gasteiger partial charge in [-0.25, -0.2) is 0 Å². The molecule has 22 heavy (non-hydrogen) atoms. The first-order chi connectivity index (χ1) is 10.9. The molecule has 116 valence electrons. The number of hydrogen-bond donors (Lipinski definition) is 3. The van der Waals surface area contributed by atoms with Crippen LogP contribution in [0.5, 0.6) is 0 Å². The maximum atomic E-state index is 6.04. The Morgan fingerprint density at radius 3 is 2.50 bits per heavy atom. The summed E-state index contributed by atoms with van der Waals surface area (Å²) >= 11 is 0. The van der Waals surface area contributed by atoms with Crippen LogP contribution in [-0.2, 0) is 13.1 Å². The molecule has 3 rings (SSSR count). The molecule has 2 aromatic rings. The molecule has 2 aromatic carbocycles. The normalized spacial score (nSPS) is 14.9. The summed E-state index contributed by atoms with van der Waals surface area (Å²) in [5.41, 5.74) is 10.9. The van der Waals surface area contributed by atoms with Crippen LogP contribution in [0.25, 0.3) is 0 Å². The van der Waals surface area contributed by atoms with E-state index >= 15 is 0 Å². The van der Waals surface area contributed by atoms with E-state index in [0.29, 0.717) is 6.54 Å². The number of benzene rings is 2. The smallest absolute Gasteiger partial charge is 0.0433 e. The van der Waals surface area contributed by atoms with Crippen molar-refractivity contribution in [1.29, 1.82) is 0 Å². The minimum Gasteiger partial charge on any atom is -0.381 e. The monoisotopic (exact) mass is 296 g/mol. The Morgan fingerprint density at radius 1 is 1.00 bits per heavy atom. The van der Waals surface area contributed by atoms with E-state index in [-0.39, 0.29) is 0 Å². The van der Waals surface area contributed by atoms with Crippen LogP contribution in [0.15, 0.2) is 48.5 Å². The van der Waals surface area contributed by atoms with Crippen molar-refractivity contribution in [3.8, 4) is 0 Å². The molecule has 0 bridgehead atoms. The lowest BCUT2D eigenvalue weighted by atomic mass is 10.1. The van der Waals surface area contributed by atoms with Crippen molar-refractivity contribution >= 4 is 11.4 Å². The molecular formula is C18H24N4. The minimum absolute atomic E-state index is 0.553. The minimum atomic E-state index is 0.553. The molecule has 4 nitrogen and oxygen atoms in total. The molecule has 0 aromatic heterocycles. The van der Waals surface area contributed by atoms with Crippen LogP contribution in [0.2, 0.25) is 0 Å². The van der Waals surface area contributed by atoms with Crippen LogP contribution in [0.3, 0.4) is 0 Å². The summed E-state index contributed by atoms with van der Waals surface area (Å²) in [4.78, 5) is 2.42. The summed E-state index contributed by atoms with van der Waals surface area (Å²) < 4.78 is 0. The number of hydrogen-bond acceptors (Lipinski definition) is 4. The van der Waals surface area contributed by atoms with Crippen molar-refractivity contribution in [3.05, 3.63) is 59.7 Å². The predicted molar refractivity (Wildman–Crippen MR) is 93.2 cm³/mol. The Bertz CT molecular complexity index is 591. The van der Waals surface area contributed by atoms with Crippen molar-refractivity contribution in [2.45, 2.75) is 13.1 Å². The first kappa shape index (κ1) is 14.9. The summed E-state index contributed by atoms with van der Waals surface area (Å²) in [7, 11) is 0. The SMILES string of the molecule is NCc1c(NCc2ccccc2)cccc1N1CCNCC1. The van der Waals surface area contributed by atoms with E-state index in [1.165, 1.54) is 16.8 Å². The summed E-state index contributed by atoms with van der Waals surface area (Å²) in [5, 5.41) is 6.93. The zero-order valence-corrected chi connectivity index (χ0v) is 12.9. The standard InChI is InChI=1S/C18H24N4/c19-13-16-17(21-14-15-5-2-1-3-6-15)7-4-8-18(16)22-11-9-20-10-12-22/h1-8,20-21H,9-14,19H2. The fraction of sp³-hybridized carbons (Fsp3) is 0.333. The van der Waals surface area contributed by atoms with E-state index in [4.69, 9.17) is 5.73 Å². The number of rotatable bonds is 5. The summed E-state index contributed by atoms with van der Waals surface area (Å²) in [6.07, 6.45) is 0. The third-order valence-electron chi connectivity index (χ3n) is 4.14. The Labute approximate surface area is 132 Å². The van der Waals surface area contributed by atoms with Gasteiger partial charge >= 0.3 is 0 Å². The van der Waals surface area contributed by atoms with E-state index in [1.54, 1.807) is 0 Å². The van der Waals surface area contributed by atoms with Gasteiger partial charge in [0, 0.05) is 56.2 Å². The molecular weight excluding hydrogens is 272 g/mol. The molecule has 0 amide bonds. The first-order valence-electron chi connectivity index (χ1n) is 7.94. The highest BCUT2D eigenvalue weighted by molar-refractivity contribution is 5.67. The lowest BCUT2D eigenvalue weighted by molar-refractivity contribution is 0.588. The number of nitrogens with zero attached hydrogens (tertiary/aromatic N) is 1. The molecule has 1 aliphatic heterocycles. The largest absolute Gasteiger partial charge is 0.381 e. The summed E-state index contributed by atoms with van der Waals surface area (Å²) in [6, 6.07) is 16.9. The number of anilines is 2. The van der Waals surface area contributed by atoms with Crippen molar-refractivity contribution < 1.29 is 0 Å². The van der Waals surface area contributed by atoms with E-state index in [2.05, 4.69) is 58.0 Å². The number of nitrogens with one attached hydrogen (secondary N) is 2. The highest BCUT2D eigenvalue weighted by atomic mass is 15.2. The number of piperazine rings is 1. The van der Waals surface area contributed by atoms with Crippen LogP contribution in [0.4, 0.5) is 11.4 Å². The van der Waals surface area contributed by atoms with Gasteiger partial charge in [0.2, 0.25) is 0 Å². The van der Waals surface area contributed by atoms with Gasteiger partial charge in [-0.2, -0.15) is 0 Å². The van der Waals surface area contributed by atoms with Gasteiger partial charge in [-0.05, 0) is 17.7 Å². The van der Waals surface area contributed by atoms with Crippen molar-refractivity contribution in [2.75, 3.05) is 36.4 Å². The summed E-state index contributed by atoms with van der Waals surface area (Å²) in [5.74, 6) is 0. The Hall–Kier alpha value is -2.04. The van der Waals surface area contributed by atoms with Crippen LogP contribution >= 0.6 is 0 Å². The molecule has 1 heterocycles. The lowest BCUT2D eigenvalue weighted by Crippen LogP contribution is -2.44. The van der Waals surface area contributed by atoms with Crippen molar-refractivity contribution in [2.24, 2.45) is 5.73 Å². The molecule has 0 saturated carbocycles. The zero-order chi connectivity index (χ0) is 15.2. The summed E-state index contributed by atoms with van der Waals surface area (Å²) in [6.45, 7) is 5.51. The van der Waals surface area contributed by atoms with Crippen LogP contribution < -0.4 is 21.3 Å². The predicted octanol–water partition coefficient (Wildman–Crippen LogP) is 2.17. The molecule has 0 spiro atoms. The van der Waals surface area contributed by atoms with E-state index in [0.717, 1.165) is 38.4 Å². The molecule has 1 saturated heterocycles. The lowest BCUT2D eigenvalue weighted by Gasteiger charge is -2.31. The quantitative estimate of drug-likeness (QED) is 0.791. The third kappa shape index (κ3) is 3.40. The highest BCUT2D eigenvalue weighted by Crippen LogP contribution is 2.28. The van der Waals surface area contributed by atoms with Crippen LogP contribution in [0, 0.1) is 0 Å². The second-order valence-corrected chi connectivity index (χ2v) is 5.58. The molecule has 4 N–H and O–H groups in total. The van der Waals surface area contributed by atoms with Gasteiger partial charge in [-0.15, -0.1) is 0 Å². The Morgan fingerprint density at radius 2 is 1.77 bits per heavy atom. The fourth-order valence-corrected chi connectivity index (χ4v) is 2.95. The van der Waals surface area contributed by atoms with Gasteiger partial charge in [-0.3, -0.25) is 0 Å². The molecule has 1 fully saturated rings. The van der Waals surface area contributed by atoms with Gasteiger partial charge in [-0.1, -0.05) is 36.4 Å². The van der Waals surface area contributed by atoms with Gasteiger partial charge in [0.25, 0.3) is 0 Å². The second-order valence-electron chi connectivity index (χ2n) is 5.58. The van der Waals surface area contributed by atoms with E-state index in [9.17, 15) is 0 Å². The molecule has 0 atom stereocenters. The molecule has 4 heteroatoms. The zero-order valence-electron chi connectivity index (χ0n) is 12.9. The van der Waals surface area contributed by atoms with Crippen LogP contribution in [0.1, 0.15) is 11.1 Å². The first-order valence-corrected chi connectivity index (χ1v) is 7.94. The third-order valence-corrected chi connectivity index (χ3v) is 4.14. The Balaban J connectivity index is 1.78. The van der Waals surface area contributed by atoms with Gasteiger partial charge in [0.15, 0.2) is 0 Å². The molecule has 0 aliphatic carbocycles. The topological polar surface area (TPSA) is 53.3 Å². The van der Waals surface area contributed by atoms with Crippen LogP contribution in [-0.4, -0.2) is 26.2 Å². The van der Waals surface area contributed by atoms with Crippen molar-refractivity contribution in [3.63, 3.8) is 0 Å². The molecule has 1 aliphatic rings. The van der Waals surface area contributed by atoms with Gasteiger partial charge in [0.1, 0.15) is 0 Å². The molecule has 0 unspecified atom stereocenters. The highest BCUT2D eigenvalue weighted by Gasteiger charge is 2.15. The second kappa shape index (κ2) is 7.29. The van der Waals surface area contributed by atoms with Crippen molar-refractivity contribution in [1.82, 2.24) is 5.32 Å². The molecule has 0 radical (unpaired) electrons. The maximum Gasteiger partial charge on any atom is 0.0433 e. The number of nitrogens with two attached hydrogens (primary N) is 1.